The first kappa shape index (κ1) is 11.8. The molecule has 0 fully saturated rings. The Hall–Kier alpha value is -1.63. The molecule has 3 N–H and O–H groups in total. The highest BCUT2D eigenvalue weighted by molar-refractivity contribution is 9.10. The second-order valence-electron chi connectivity index (χ2n) is 3.69. The summed E-state index contributed by atoms with van der Waals surface area (Å²) in [6.07, 6.45) is 3.29. The van der Waals surface area contributed by atoms with Crippen LogP contribution in [-0.2, 0) is 13.6 Å². The van der Waals surface area contributed by atoms with Crippen LogP contribution in [-0.4, -0.2) is 19.7 Å². The van der Waals surface area contributed by atoms with E-state index in [9.17, 15) is 0 Å². The summed E-state index contributed by atoms with van der Waals surface area (Å²) >= 11 is 3.46. The minimum absolute atomic E-state index is 0.524. The number of pyridine rings is 1. The standard InChI is InChI=1S/C10H13BrN6/c1-6-7(12)3-13-10(9(6)11)14-4-8-15-5-17(2)16-8/h3,5H,4,12H2,1-2H3,(H,13,14). The largest absolute Gasteiger partial charge is 0.397 e. The summed E-state index contributed by atoms with van der Waals surface area (Å²) in [5.74, 6) is 1.46. The van der Waals surface area contributed by atoms with E-state index in [1.165, 1.54) is 0 Å². The van der Waals surface area contributed by atoms with Gasteiger partial charge in [-0.25, -0.2) is 9.97 Å². The SMILES string of the molecule is Cc1c(N)cnc(NCc2ncn(C)n2)c1Br. The Bertz CT molecular complexity index is 536. The number of aryl methyl sites for hydroxylation is 1. The Kier molecular flexibility index (Phi) is 3.28. The summed E-state index contributed by atoms with van der Waals surface area (Å²) in [4.78, 5) is 8.34. The lowest BCUT2D eigenvalue weighted by Crippen LogP contribution is -2.06. The van der Waals surface area contributed by atoms with E-state index in [0.29, 0.717) is 12.2 Å². The van der Waals surface area contributed by atoms with Gasteiger partial charge in [0.2, 0.25) is 0 Å². The van der Waals surface area contributed by atoms with Crippen LogP contribution in [0.25, 0.3) is 0 Å². The van der Waals surface area contributed by atoms with Gasteiger partial charge in [-0.15, -0.1) is 0 Å². The average molecular weight is 297 g/mol. The Labute approximate surface area is 107 Å². The molecule has 0 unspecified atom stereocenters. The van der Waals surface area contributed by atoms with Gasteiger partial charge < -0.3 is 11.1 Å². The lowest BCUT2D eigenvalue weighted by atomic mass is 10.2. The van der Waals surface area contributed by atoms with Gasteiger partial charge in [0.1, 0.15) is 12.1 Å². The fraction of sp³-hybridized carbons (Fsp3) is 0.300. The Morgan fingerprint density at radius 3 is 2.88 bits per heavy atom. The van der Waals surface area contributed by atoms with E-state index >= 15 is 0 Å². The van der Waals surface area contributed by atoms with Crippen LogP contribution < -0.4 is 11.1 Å². The number of hydrogen-bond acceptors (Lipinski definition) is 5. The number of nitrogens with one attached hydrogen (secondary N) is 1. The van der Waals surface area contributed by atoms with E-state index in [1.54, 1.807) is 17.2 Å². The summed E-state index contributed by atoms with van der Waals surface area (Å²) < 4.78 is 2.53. The molecular formula is C10H13BrN6. The molecule has 0 saturated carbocycles. The van der Waals surface area contributed by atoms with Crippen LogP contribution in [0.5, 0.6) is 0 Å². The van der Waals surface area contributed by atoms with Gasteiger partial charge in [0.05, 0.1) is 22.9 Å². The van der Waals surface area contributed by atoms with Gasteiger partial charge in [0, 0.05) is 7.05 Å². The maximum atomic E-state index is 5.75. The van der Waals surface area contributed by atoms with Crippen LogP contribution in [0, 0.1) is 6.92 Å². The summed E-state index contributed by atoms with van der Waals surface area (Å²) in [5, 5.41) is 7.33. The van der Waals surface area contributed by atoms with E-state index in [4.69, 9.17) is 5.73 Å². The van der Waals surface area contributed by atoms with Gasteiger partial charge in [-0.3, -0.25) is 4.68 Å². The number of halogens is 1. The van der Waals surface area contributed by atoms with Crippen molar-refractivity contribution >= 4 is 27.4 Å². The van der Waals surface area contributed by atoms with Gasteiger partial charge >= 0.3 is 0 Å². The molecule has 2 rings (SSSR count). The molecule has 0 amide bonds. The highest BCUT2D eigenvalue weighted by atomic mass is 79.9. The number of rotatable bonds is 3. The Morgan fingerprint density at radius 1 is 1.47 bits per heavy atom. The molecule has 0 spiro atoms. The first-order chi connectivity index (χ1) is 8.08. The van der Waals surface area contributed by atoms with Crippen LogP contribution in [0.2, 0.25) is 0 Å². The smallest absolute Gasteiger partial charge is 0.169 e. The third-order valence-electron chi connectivity index (χ3n) is 2.36. The number of nitrogens with zero attached hydrogens (tertiary/aromatic N) is 4. The predicted molar refractivity (Wildman–Crippen MR) is 69.4 cm³/mol. The van der Waals surface area contributed by atoms with Crippen molar-refractivity contribution in [3.63, 3.8) is 0 Å². The lowest BCUT2D eigenvalue weighted by molar-refractivity contribution is 0.747. The zero-order chi connectivity index (χ0) is 12.4. The van der Waals surface area contributed by atoms with E-state index in [2.05, 4.69) is 36.3 Å². The molecule has 2 aromatic heterocycles. The highest BCUT2D eigenvalue weighted by Crippen LogP contribution is 2.27. The third kappa shape index (κ3) is 2.55. The molecule has 0 saturated heterocycles. The molecule has 0 atom stereocenters. The third-order valence-corrected chi connectivity index (χ3v) is 3.33. The first-order valence-electron chi connectivity index (χ1n) is 5.07. The molecule has 0 aliphatic carbocycles. The van der Waals surface area contributed by atoms with E-state index in [0.717, 1.165) is 21.7 Å². The summed E-state index contributed by atoms with van der Waals surface area (Å²) in [5.41, 5.74) is 7.39. The maximum Gasteiger partial charge on any atom is 0.169 e. The van der Waals surface area contributed by atoms with Crippen molar-refractivity contribution in [2.45, 2.75) is 13.5 Å². The average Bonchev–Trinajstić information content (AvgIpc) is 2.71. The van der Waals surface area contributed by atoms with Crippen LogP contribution in [0.3, 0.4) is 0 Å². The van der Waals surface area contributed by atoms with Crippen LogP contribution >= 0.6 is 15.9 Å². The molecule has 0 aromatic carbocycles. The number of nitrogen functional groups attached to an aromatic ring is 1. The van der Waals surface area contributed by atoms with Gasteiger partial charge in [-0.1, -0.05) is 0 Å². The minimum Gasteiger partial charge on any atom is -0.397 e. The van der Waals surface area contributed by atoms with E-state index < -0.39 is 0 Å². The Morgan fingerprint density at radius 2 is 2.24 bits per heavy atom. The monoisotopic (exact) mass is 296 g/mol. The quantitative estimate of drug-likeness (QED) is 0.896. The predicted octanol–water partition coefficient (Wildman–Crippen LogP) is 1.48. The van der Waals surface area contributed by atoms with Crippen molar-refractivity contribution in [2.24, 2.45) is 7.05 Å². The van der Waals surface area contributed by atoms with Crippen molar-refractivity contribution in [3.8, 4) is 0 Å². The van der Waals surface area contributed by atoms with Crippen molar-refractivity contribution in [2.75, 3.05) is 11.1 Å². The fourth-order valence-corrected chi connectivity index (χ4v) is 1.81. The summed E-state index contributed by atoms with van der Waals surface area (Å²) in [6, 6.07) is 0. The van der Waals surface area contributed by atoms with Crippen LogP contribution in [0.1, 0.15) is 11.4 Å². The molecule has 2 aromatic rings. The topological polar surface area (TPSA) is 81.6 Å². The molecule has 0 aliphatic rings. The number of aromatic nitrogens is 4. The van der Waals surface area contributed by atoms with Gasteiger partial charge in [0.15, 0.2) is 5.82 Å². The van der Waals surface area contributed by atoms with Crippen molar-refractivity contribution in [1.29, 1.82) is 0 Å². The molecule has 17 heavy (non-hydrogen) atoms. The molecule has 7 heteroatoms. The van der Waals surface area contributed by atoms with Crippen LogP contribution in [0.15, 0.2) is 17.0 Å². The molecule has 90 valence electrons. The van der Waals surface area contributed by atoms with Gasteiger partial charge in [-0.2, -0.15) is 5.10 Å². The van der Waals surface area contributed by atoms with E-state index in [-0.39, 0.29) is 0 Å². The second kappa shape index (κ2) is 4.70. The normalized spacial score (nSPS) is 10.5. The van der Waals surface area contributed by atoms with Crippen LogP contribution in [0.4, 0.5) is 11.5 Å². The minimum atomic E-state index is 0.524. The first-order valence-corrected chi connectivity index (χ1v) is 5.86. The zero-order valence-corrected chi connectivity index (χ0v) is 11.2. The van der Waals surface area contributed by atoms with Crippen molar-refractivity contribution in [1.82, 2.24) is 19.7 Å². The lowest BCUT2D eigenvalue weighted by Gasteiger charge is -2.09. The van der Waals surface area contributed by atoms with Gasteiger partial charge in [-0.05, 0) is 28.4 Å². The number of anilines is 2. The van der Waals surface area contributed by atoms with Crippen molar-refractivity contribution < 1.29 is 0 Å². The summed E-state index contributed by atoms with van der Waals surface area (Å²) in [7, 11) is 1.83. The second-order valence-corrected chi connectivity index (χ2v) is 4.48. The highest BCUT2D eigenvalue weighted by Gasteiger charge is 2.07. The molecule has 0 radical (unpaired) electrons. The van der Waals surface area contributed by atoms with E-state index in [1.807, 2.05) is 14.0 Å². The zero-order valence-electron chi connectivity index (χ0n) is 9.61. The van der Waals surface area contributed by atoms with Crippen molar-refractivity contribution in [3.05, 3.63) is 28.4 Å². The molecular weight excluding hydrogens is 284 g/mol. The Balaban J connectivity index is 2.12. The number of nitrogens with two attached hydrogens (primary N) is 1. The molecule has 6 nitrogen and oxygen atoms in total. The fourth-order valence-electron chi connectivity index (χ4n) is 1.34. The summed E-state index contributed by atoms with van der Waals surface area (Å²) in [6.45, 7) is 2.46. The molecule has 2 heterocycles. The maximum absolute atomic E-state index is 5.75. The number of hydrogen-bond donors (Lipinski definition) is 2. The van der Waals surface area contributed by atoms with Gasteiger partial charge in [0.25, 0.3) is 0 Å². The molecule has 0 bridgehead atoms. The molecule has 0 aliphatic heterocycles.